The summed E-state index contributed by atoms with van der Waals surface area (Å²) in [6.45, 7) is 2.68. The fraction of sp³-hybridized carbons (Fsp3) is 0.435. The van der Waals surface area contributed by atoms with Gasteiger partial charge in [0.1, 0.15) is 11.9 Å². The molecule has 2 aromatic rings. The fourth-order valence-corrected chi connectivity index (χ4v) is 4.36. The number of ether oxygens (including phenoxy) is 1. The summed E-state index contributed by atoms with van der Waals surface area (Å²) in [5, 5.41) is 6.58. The van der Waals surface area contributed by atoms with E-state index in [1.165, 1.54) is 17.7 Å². The average Bonchev–Trinajstić information content (AvgIpc) is 2.99. The highest BCUT2D eigenvalue weighted by atomic mass is 19.1. The van der Waals surface area contributed by atoms with Crippen molar-refractivity contribution in [1.29, 1.82) is 0 Å². The van der Waals surface area contributed by atoms with Gasteiger partial charge in [0.15, 0.2) is 0 Å². The molecule has 2 heterocycles. The van der Waals surface area contributed by atoms with Crippen LogP contribution in [0.25, 0.3) is 0 Å². The maximum atomic E-state index is 13.5. The molecule has 2 aliphatic rings. The van der Waals surface area contributed by atoms with E-state index < -0.39 is 6.10 Å². The van der Waals surface area contributed by atoms with Crippen molar-refractivity contribution in [1.82, 2.24) is 15.5 Å². The maximum absolute atomic E-state index is 13.5. The third-order valence-corrected chi connectivity index (χ3v) is 5.82. The predicted octanol–water partition coefficient (Wildman–Crippen LogP) is 2.27. The highest BCUT2D eigenvalue weighted by molar-refractivity contribution is 5.82. The van der Waals surface area contributed by atoms with Gasteiger partial charge >= 0.3 is 0 Å². The van der Waals surface area contributed by atoms with Gasteiger partial charge in [-0.1, -0.05) is 36.4 Å². The zero-order valence-electron chi connectivity index (χ0n) is 16.7. The zero-order chi connectivity index (χ0) is 20.2. The van der Waals surface area contributed by atoms with Gasteiger partial charge in [0.25, 0.3) is 5.91 Å². The molecule has 0 radical (unpaired) electrons. The molecule has 154 valence electrons. The molecule has 0 saturated carbocycles. The standard InChI is InChI=1S/C23H28FN3O2/c1-25-14-19-15-29-21(10-12-26-19)23(28)27-13-11-16-4-2-3-5-20(16)22(27)17-6-8-18(24)9-7-17/h2-9,19,21-22,25-26H,10-15H2,1H3/t19-,21-,22+/m1/s1. The lowest BCUT2D eigenvalue weighted by Gasteiger charge is -2.39. The predicted molar refractivity (Wildman–Crippen MR) is 110 cm³/mol. The Kier molecular flexibility index (Phi) is 6.23. The van der Waals surface area contributed by atoms with Crippen LogP contribution in [0.2, 0.25) is 0 Å². The molecular formula is C23H28FN3O2. The van der Waals surface area contributed by atoms with Crippen molar-refractivity contribution in [2.75, 3.05) is 33.3 Å². The third kappa shape index (κ3) is 4.34. The summed E-state index contributed by atoms with van der Waals surface area (Å²) in [7, 11) is 1.91. The van der Waals surface area contributed by atoms with E-state index in [1.807, 2.05) is 24.1 Å². The number of hydrogen-bond acceptors (Lipinski definition) is 4. The van der Waals surface area contributed by atoms with Gasteiger partial charge in [0.2, 0.25) is 0 Å². The molecule has 1 saturated heterocycles. The molecular weight excluding hydrogens is 369 g/mol. The summed E-state index contributed by atoms with van der Waals surface area (Å²) >= 11 is 0. The smallest absolute Gasteiger partial charge is 0.252 e. The highest BCUT2D eigenvalue weighted by Crippen LogP contribution is 2.36. The molecule has 4 rings (SSSR count). The van der Waals surface area contributed by atoms with E-state index in [1.54, 1.807) is 12.1 Å². The first-order valence-electron chi connectivity index (χ1n) is 10.3. The first-order valence-corrected chi connectivity index (χ1v) is 10.3. The van der Waals surface area contributed by atoms with Crippen molar-refractivity contribution in [3.63, 3.8) is 0 Å². The molecule has 0 aromatic heterocycles. The zero-order valence-corrected chi connectivity index (χ0v) is 16.7. The summed E-state index contributed by atoms with van der Waals surface area (Å²) in [5.74, 6) is -0.259. The molecule has 1 fully saturated rings. The van der Waals surface area contributed by atoms with Crippen LogP contribution in [0, 0.1) is 5.82 Å². The van der Waals surface area contributed by atoms with Gasteiger partial charge in [-0.05, 0) is 55.3 Å². The molecule has 0 bridgehead atoms. The van der Waals surface area contributed by atoms with E-state index in [-0.39, 0.29) is 23.8 Å². The molecule has 2 N–H and O–H groups in total. The van der Waals surface area contributed by atoms with Crippen molar-refractivity contribution in [2.24, 2.45) is 0 Å². The van der Waals surface area contributed by atoms with E-state index in [4.69, 9.17) is 4.74 Å². The van der Waals surface area contributed by atoms with Crippen LogP contribution in [0.15, 0.2) is 48.5 Å². The third-order valence-electron chi connectivity index (χ3n) is 5.82. The van der Waals surface area contributed by atoms with Gasteiger partial charge in [0.05, 0.1) is 12.6 Å². The Morgan fingerprint density at radius 1 is 1.24 bits per heavy atom. The van der Waals surface area contributed by atoms with Gasteiger partial charge in [0, 0.05) is 19.1 Å². The number of benzene rings is 2. The molecule has 2 aliphatic heterocycles. The fourth-order valence-electron chi connectivity index (χ4n) is 4.36. The number of nitrogens with zero attached hydrogens (tertiary/aromatic N) is 1. The second-order valence-electron chi connectivity index (χ2n) is 7.75. The number of hydrogen-bond donors (Lipinski definition) is 2. The largest absolute Gasteiger partial charge is 0.367 e. The molecule has 29 heavy (non-hydrogen) atoms. The highest BCUT2D eigenvalue weighted by Gasteiger charge is 2.36. The number of amides is 1. The normalized spacial score (nSPS) is 24.6. The van der Waals surface area contributed by atoms with E-state index in [0.29, 0.717) is 19.6 Å². The topological polar surface area (TPSA) is 53.6 Å². The van der Waals surface area contributed by atoms with E-state index in [9.17, 15) is 9.18 Å². The monoisotopic (exact) mass is 397 g/mol. The van der Waals surface area contributed by atoms with E-state index in [0.717, 1.165) is 30.6 Å². The average molecular weight is 397 g/mol. The van der Waals surface area contributed by atoms with Crippen LogP contribution in [-0.4, -0.2) is 56.2 Å². The number of fused-ring (bicyclic) bond motifs is 1. The summed E-state index contributed by atoms with van der Waals surface area (Å²) in [5.41, 5.74) is 3.27. The molecule has 0 unspecified atom stereocenters. The second-order valence-corrected chi connectivity index (χ2v) is 7.75. The number of nitrogens with one attached hydrogen (secondary N) is 2. The van der Waals surface area contributed by atoms with Crippen LogP contribution in [0.3, 0.4) is 0 Å². The Morgan fingerprint density at radius 2 is 2.03 bits per heavy atom. The minimum absolute atomic E-state index is 0.0146. The van der Waals surface area contributed by atoms with Crippen LogP contribution in [0.5, 0.6) is 0 Å². The molecule has 3 atom stereocenters. The van der Waals surface area contributed by atoms with Gasteiger partial charge < -0.3 is 20.3 Å². The first kappa shape index (κ1) is 20.0. The molecule has 1 amide bonds. The maximum Gasteiger partial charge on any atom is 0.252 e. The van der Waals surface area contributed by atoms with Crippen LogP contribution >= 0.6 is 0 Å². The molecule has 6 heteroatoms. The Hall–Kier alpha value is -2.28. The van der Waals surface area contributed by atoms with Crippen molar-refractivity contribution >= 4 is 5.91 Å². The number of likely N-dealkylation sites (N-methyl/N-ethyl adjacent to an activating group) is 1. The van der Waals surface area contributed by atoms with Crippen LogP contribution in [0.1, 0.15) is 29.2 Å². The minimum atomic E-state index is -0.461. The van der Waals surface area contributed by atoms with Crippen molar-refractivity contribution in [3.8, 4) is 0 Å². The summed E-state index contributed by atoms with van der Waals surface area (Å²) in [6, 6.07) is 14.7. The summed E-state index contributed by atoms with van der Waals surface area (Å²) in [6.07, 6.45) is 0.998. The van der Waals surface area contributed by atoms with Crippen LogP contribution in [-0.2, 0) is 16.0 Å². The lowest BCUT2D eigenvalue weighted by Crippen LogP contribution is -2.46. The molecule has 5 nitrogen and oxygen atoms in total. The SMILES string of the molecule is CNC[C@@H]1CO[C@@H](C(=O)N2CCc3ccccc3[C@@H]2c2ccc(F)cc2)CCN1. The first-order chi connectivity index (χ1) is 14.2. The van der Waals surface area contributed by atoms with Gasteiger partial charge in [-0.15, -0.1) is 0 Å². The Balaban J connectivity index is 1.61. The van der Waals surface area contributed by atoms with Gasteiger partial charge in [-0.25, -0.2) is 4.39 Å². The Bertz CT molecular complexity index is 842. The number of carbonyl (C=O) groups excluding carboxylic acids is 1. The number of rotatable bonds is 4. The van der Waals surface area contributed by atoms with E-state index >= 15 is 0 Å². The second kappa shape index (κ2) is 9.03. The van der Waals surface area contributed by atoms with Crippen molar-refractivity contribution < 1.29 is 13.9 Å². The number of carbonyl (C=O) groups is 1. The van der Waals surface area contributed by atoms with Crippen LogP contribution in [0.4, 0.5) is 4.39 Å². The molecule has 0 spiro atoms. The Morgan fingerprint density at radius 3 is 2.83 bits per heavy atom. The van der Waals surface area contributed by atoms with Gasteiger partial charge in [-0.2, -0.15) is 0 Å². The van der Waals surface area contributed by atoms with Gasteiger partial charge in [-0.3, -0.25) is 4.79 Å². The minimum Gasteiger partial charge on any atom is -0.367 e. The van der Waals surface area contributed by atoms with Crippen molar-refractivity contribution in [2.45, 2.75) is 31.0 Å². The lowest BCUT2D eigenvalue weighted by molar-refractivity contribution is -0.146. The van der Waals surface area contributed by atoms with E-state index in [2.05, 4.69) is 22.8 Å². The number of halogens is 1. The lowest BCUT2D eigenvalue weighted by atomic mass is 9.87. The summed E-state index contributed by atoms with van der Waals surface area (Å²) in [4.78, 5) is 15.4. The molecule has 0 aliphatic carbocycles. The molecule has 2 aromatic carbocycles. The quantitative estimate of drug-likeness (QED) is 0.831. The van der Waals surface area contributed by atoms with Crippen molar-refractivity contribution in [3.05, 3.63) is 71.0 Å². The summed E-state index contributed by atoms with van der Waals surface area (Å²) < 4.78 is 19.5. The Labute approximate surface area is 171 Å². The van der Waals surface area contributed by atoms with Crippen LogP contribution < -0.4 is 10.6 Å².